The van der Waals surface area contributed by atoms with Crippen molar-refractivity contribution in [3.8, 4) is 11.6 Å². The Bertz CT molecular complexity index is 1370. The van der Waals surface area contributed by atoms with E-state index in [9.17, 15) is 40.3 Å². The normalized spacial score (nSPS) is 20.3. The fraction of sp³-hybridized carbons (Fsp3) is 0.654. The van der Waals surface area contributed by atoms with Gasteiger partial charge in [-0.2, -0.15) is 22.0 Å². The van der Waals surface area contributed by atoms with E-state index in [2.05, 4.69) is 20.0 Å². The molecule has 2 N–H and O–H groups in total. The molecule has 15 heteroatoms. The highest BCUT2D eigenvalue weighted by Gasteiger charge is 2.47. The van der Waals surface area contributed by atoms with Crippen molar-refractivity contribution in [2.24, 2.45) is 5.41 Å². The highest BCUT2D eigenvalue weighted by Crippen LogP contribution is 2.41. The summed E-state index contributed by atoms with van der Waals surface area (Å²) < 4.78 is 96.4. The lowest BCUT2D eigenvalue weighted by Crippen LogP contribution is -2.47. The molecule has 41 heavy (non-hydrogen) atoms. The van der Waals surface area contributed by atoms with Crippen molar-refractivity contribution in [2.45, 2.75) is 89.9 Å². The number of aliphatic hydroxyl groups is 1. The number of aryl methyl sites for hydroxylation is 1. The molecule has 2 heterocycles. The fourth-order valence-electron chi connectivity index (χ4n) is 4.89. The number of nitrogens with zero attached hydrogens (tertiary/aromatic N) is 3. The fourth-order valence-corrected chi connectivity index (χ4v) is 5.98. The Balaban J connectivity index is 1.89. The van der Waals surface area contributed by atoms with Gasteiger partial charge in [0.25, 0.3) is 5.91 Å². The highest BCUT2D eigenvalue weighted by molar-refractivity contribution is 7.91. The minimum Gasteiger partial charge on any atom is -0.431 e. The number of rotatable bonds is 10. The molecule has 0 bridgehead atoms. The van der Waals surface area contributed by atoms with Gasteiger partial charge in [-0.25, -0.2) is 18.4 Å². The first-order chi connectivity index (χ1) is 18.8. The van der Waals surface area contributed by atoms with Crippen LogP contribution in [0.3, 0.4) is 0 Å². The number of amides is 1. The molecule has 1 amide bonds. The van der Waals surface area contributed by atoms with E-state index in [0.717, 1.165) is 32.4 Å². The van der Waals surface area contributed by atoms with Crippen LogP contribution < -0.4 is 10.1 Å². The van der Waals surface area contributed by atoms with E-state index >= 15 is 0 Å². The Morgan fingerprint density at radius 2 is 1.88 bits per heavy atom. The zero-order chi connectivity index (χ0) is 31.0. The van der Waals surface area contributed by atoms with E-state index in [1.807, 2.05) is 0 Å². The van der Waals surface area contributed by atoms with Crippen molar-refractivity contribution in [2.75, 3.05) is 12.8 Å². The zero-order valence-corrected chi connectivity index (χ0v) is 24.3. The summed E-state index contributed by atoms with van der Waals surface area (Å²) in [5, 5.41) is 13.0. The van der Waals surface area contributed by atoms with Crippen molar-refractivity contribution >= 4 is 15.7 Å². The summed E-state index contributed by atoms with van der Waals surface area (Å²) >= 11 is 0. The van der Waals surface area contributed by atoms with E-state index in [1.165, 1.54) is 11.5 Å². The number of ether oxygens (including phenoxy) is 1. The Hall–Kier alpha value is -2.81. The molecule has 1 aliphatic rings. The summed E-state index contributed by atoms with van der Waals surface area (Å²) in [5.41, 5.74) is -3.29. The lowest BCUT2D eigenvalue weighted by molar-refractivity contribution is -0.211. The summed E-state index contributed by atoms with van der Waals surface area (Å²) in [5.74, 6) is -1.04. The molecule has 1 fully saturated rings. The number of carbonyl (C=O) groups excluding carboxylic acids is 1. The molecule has 1 saturated carbocycles. The van der Waals surface area contributed by atoms with Crippen LogP contribution in [-0.4, -0.2) is 70.4 Å². The highest BCUT2D eigenvalue weighted by atomic mass is 32.2. The first-order valence-electron chi connectivity index (χ1n) is 13.1. The Kier molecular flexibility index (Phi) is 9.43. The predicted molar refractivity (Wildman–Crippen MR) is 140 cm³/mol. The second-order valence-corrected chi connectivity index (χ2v) is 13.5. The molecule has 0 aromatic carbocycles. The molecule has 0 spiro atoms. The van der Waals surface area contributed by atoms with E-state index in [4.69, 9.17) is 0 Å². The Morgan fingerprint density at radius 3 is 2.39 bits per heavy atom. The van der Waals surface area contributed by atoms with Crippen LogP contribution in [0.4, 0.5) is 22.0 Å². The average Bonchev–Trinajstić information content (AvgIpc) is 3.17. The molecule has 9 nitrogen and oxygen atoms in total. The molecule has 0 unspecified atom stereocenters. The molecule has 0 saturated heterocycles. The summed E-state index contributed by atoms with van der Waals surface area (Å²) in [7, 11) is -3.24. The standard InChI is InChI=1S/C26H35F5N4O5S/c1-6-19-34-20(22(36)33-14-25(37)9-7-17(8-10-25)41(5,38)39)15(2)35(19)21-18(40-23(27)28)11-16(13-32-21)12-24(3,4)26(29,30)31/h11,13,17,23,37H,6-10,12,14H2,1-5H3,(H,33,36). The smallest absolute Gasteiger partial charge is 0.394 e. The minimum atomic E-state index is -4.55. The van der Waals surface area contributed by atoms with Crippen LogP contribution >= 0.6 is 0 Å². The van der Waals surface area contributed by atoms with Crippen molar-refractivity contribution in [1.29, 1.82) is 0 Å². The molecule has 230 valence electrons. The number of carbonyl (C=O) groups is 1. The summed E-state index contributed by atoms with van der Waals surface area (Å²) in [6, 6.07) is 1.07. The molecule has 0 radical (unpaired) electrons. The number of nitrogens with one attached hydrogen (secondary N) is 1. The molecule has 3 rings (SSSR count). The van der Waals surface area contributed by atoms with Gasteiger partial charge < -0.3 is 15.2 Å². The van der Waals surface area contributed by atoms with Gasteiger partial charge in [0.1, 0.15) is 21.4 Å². The number of hydrogen-bond acceptors (Lipinski definition) is 7. The van der Waals surface area contributed by atoms with Gasteiger partial charge in [-0.15, -0.1) is 0 Å². The number of pyridine rings is 1. The van der Waals surface area contributed by atoms with Crippen molar-refractivity contribution in [3.05, 3.63) is 35.0 Å². The van der Waals surface area contributed by atoms with Crippen LogP contribution in [0.2, 0.25) is 0 Å². The maximum atomic E-state index is 13.4. The molecule has 1 aliphatic carbocycles. The van der Waals surface area contributed by atoms with Crippen LogP contribution in [0.5, 0.6) is 5.75 Å². The summed E-state index contributed by atoms with van der Waals surface area (Å²) in [6.45, 7) is 1.73. The van der Waals surface area contributed by atoms with Crippen LogP contribution in [0.25, 0.3) is 5.82 Å². The van der Waals surface area contributed by atoms with Gasteiger partial charge in [0, 0.05) is 25.4 Å². The number of halogens is 5. The minimum absolute atomic E-state index is 0.0272. The molecule has 0 aliphatic heterocycles. The molecule has 2 aromatic heterocycles. The largest absolute Gasteiger partial charge is 0.431 e. The van der Waals surface area contributed by atoms with Crippen LogP contribution in [-0.2, 0) is 22.7 Å². The SMILES string of the molecule is CCc1nc(C(=O)NCC2(O)CCC(S(C)(=O)=O)CC2)c(C)n1-c1ncc(CC(C)(C)C(F)(F)F)cc1OC(F)F. The van der Waals surface area contributed by atoms with E-state index in [1.54, 1.807) is 6.92 Å². The maximum Gasteiger partial charge on any atom is 0.394 e. The molecular weight excluding hydrogens is 575 g/mol. The van der Waals surface area contributed by atoms with Crippen LogP contribution in [0, 0.1) is 12.3 Å². The molecule has 2 aromatic rings. The second-order valence-electron chi connectivity index (χ2n) is 11.2. The van der Waals surface area contributed by atoms with Gasteiger partial charge in [0.15, 0.2) is 11.6 Å². The van der Waals surface area contributed by atoms with Gasteiger partial charge in [-0.05, 0) is 50.7 Å². The maximum absolute atomic E-state index is 13.4. The lowest BCUT2D eigenvalue weighted by Gasteiger charge is -2.35. The van der Waals surface area contributed by atoms with Gasteiger partial charge in [-0.3, -0.25) is 9.36 Å². The molecular formula is C26H35F5N4O5S. The van der Waals surface area contributed by atoms with Crippen LogP contribution in [0.1, 0.15) is 74.0 Å². The quantitative estimate of drug-likeness (QED) is 0.384. The number of sulfone groups is 1. The Labute approximate surface area is 235 Å². The summed E-state index contributed by atoms with van der Waals surface area (Å²) in [6.07, 6.45) is -1.68. The van der Waals surface area contributed by atoms with Crippen molar-refractivity contribution in [1.82, 2.24) is 19.9 Å². The topological polar surface area (TPSA) is 123 Å². The number of hydrogen-bond donors (Lipinski definition) is 2. The van der Waals surface area contributed by atoms with Gasteiger partial charge in [0.05, 0.1) is 22.0 Å². The summed E-state index contributed by atoms with van der Waals surface area (Å²) in [4.78, 5) is 21.6. The van der Waals surface area contributed by atoms with Crippen molar-refractivity contribution in [3.63, 3.8) is 0 Å². The average molecular weight is 611 g/mol. The van der Waals surface area contributed by atoms with E-state index in [-0.39, 0.29) is 67.2 Å². The third kappa shape index (κ3) is 7.53. The lowest BCUT2D eigenvalue weighted by atomic mass is 9.84. The predicted octanol–water partition coefficient (Wildman–Crippen LogP) is 4.32. The Morgan fingerprint density at radius 1 is 1.27 bits per heavy atom. The number of alkyl halides is 5. The van der Waals surface area contributed by atoms with Gasteiger partial charge >= 0.3 is 12.8 Å². The zero-order valence-electron chi connectivity index (χ0n) is 23.5. The molecule has 0 atom stereocenters. The number of aromatic nitrogens is 3. The third-order valence-electron chi connectivity index (χ3n) is 7.49. The third-order valence-corrected chi connectivity index (χ3v) is 9.17. The number of imidazole rings is 1. The first-order valence-corrected chi connectivity index (χ1v) is 15.0. The van der Waals surface area contributed by atoms with Gasteiger partial charge in [-0.1, -0.05) is 20.8 Å². The first kappa shape index (κ1) is 32.7. The second kappa shape index (κ2) is 11.8. The van der Waals surface area contributed by atoms with Crippen molar-refractivity contribution < 1.29 is 45.0 Å². The van der Waals surface area contributed by atoms with Crippen LogP contribution in [0.15, 0.2) is 12.3 Å². The van der Waals surface area contributed by atoms with E-state index in [0.29, 0.717) is 0 Å². The van der Waals surface area contributed by atoms with Gasteiger partial charge in [0.2, 0.25) is 0 Å². The van der Waals surface area contributed by atoms with E-state index < -0.39 is 57.0 Å². The monoisotopic (exact) mass is 610 g/mol.